The number of morpholine rings is 1. The van der Waals surface area contributed by atoms with Gasteiger partial charge in [-0.05, 0) is 24.1 Å². The highest BCUT2D eigenvalue weighted by atomic mass is 16.5. The molecule has 1 saturated heterocycles. The van der Waals surface area contributed by atoms with E-state index in [1.54, 1.807) is 6.20 Å². The van der Waals surface area contributed by atoms with Crippen LogP contribution in [0.4, 0.5) is 5.82 Å². The molecule has 3 aromatic rings. The Balaban J connectivity index is 1.41. The number of hydrogen-bond donors (Lipinski definition) is 0. The van der Waals surface area contributed by atoms with Gasteiger partial charge < -0.3 is 14.2 Å². The Bertz CT molecular complexity index is 796. The molecule has 0 radical (unpaired) electrons. The standard InChI is InChI=1S/C19H20N4O2/c1-2-4-15(5-3-1)6-8-17-21-19(25-22-17)16-7-9-18(20-14-16)23-10-12-24-13-11-23/h1-5,7,9,14H,6,8,10-13H2. The second-order valence-electron chi connectivity index (χ2n) is 6.01. The largest absolute Gasteiger partial charge is 0.378 e. The molecule has 25 heavy (non-hydrogen) atoms. The number of ether oxygens (including phenoxy) is 1. The van der Waals surface area contributed by atoms with Gasteiger partial charge in [0, 0.05) is 25.7 Å². The Labute approximate surface area is 146 Å². The van der Waals surface area contributed by atoms with Crippen molar-refractivity contribution in [3.8, 4) is 11.5 Å². The van der Waals surface area contributed by atoms with Crippen LogP contribution in [0.2, 0.25) is 0 Å². The number of nitrogens with zero attached hydrogens (tertiary/aromatic N) is 4. The molecule has 0 amide bonds. The molecular weight excluding hydrogens is 316 g/mol. The summed E-state index contributed by atoms with van der Waals surface area (Å²) in [7, 11) is 0. The molecule has 3 heterocycles. The third-order valence-electron chi connectivity index (χ3n) is 4.28. The van der Waals surface area contributed by atoms with Crippen LogP contribution in [0.5, 0.6) is 0 Å². The van der Waals surface area contributed by atoms with Crippen LogP contribution in [-0.4, -0.2) is 41.4 Å². The minimum Gasteiger partial charge on any atom is -0.378 e. The summed E-state index contributed by atoms with van der Waals surface area (Å²) in [6.45, 7) is 3.24. The molecule has 1 aliphatic rings. The molecule has 4 rings (SSSR count). The van der Waals surface area contributed by atoms with Gasteiger partial charge in [-0.2, -0.15) is 4.98 Å². The first-order chi connectivity index (χ1) is 12.4. The molecule has 0 aliphatic carbocycles. The Kier molecular flexibility index (Phi) is 4.70. The first kappa shape index (κ1) is 15.8. The highest BCUT2D eigenvalue weighted by molar-refractivity contribution is 5.54. The maximum absolute atomic E-state index is 5.39. The van der Waals surface area contributed by atoms with Crippen molar-refractivity contribution < 1.29 is 9.26 Å². The highest BCUT2D eigenvalue weighted by Crippen LogP contribution is 2.20. The van der Waals surface area contributed by atoms with Crippen molar-refractivity contribution in [1.82, 2.24) is 15.1 Å². The van der Waals surface area contributed by atoms with Gasteiger partial charge in [-0.3, -0.25) is 0 Å². The monoisotopic (exact) mass is 336 g/mol. The molecule has 6 nitrogen and oxygen atoms in total. The third kappa shape index (κ3) is 3.85. The molecule has 1 aliphatic heterocycles. The fourth-order valence-corrected chi connectivity index (χ4v) is 2.87. The van der Waals surface area contributed by atoms with E-state index in [-0.39, 0.29) is 0 Å². The zero-order valence-electron chi connectivity index (χ0n) is 14.0. The molecule has 0 unspecified atom stereocenters. The molecule has 0 saturated carbocycles. The van der Waals surface area contributed by atoms with Crippen molar-refractivity contribution in [2.45, 2.75) is 12.8 Å². The lowest BCUT2D eigenvalue weighted by Crippen LogP contribution is -2.36. The molecule has 0 spiro atoms. The number of aromatic nitrogens is 3. The summed E-state index contributed by atoms with van der Waals surface area (Å²) in [5.41, 5.74) is 2.11. The van der Waals surface area contributed by atoms with E-state index in [0.717, 1.165) is 56.4 Å². The van der Waals surface area contributed by atoms with Crippen LogP contribution in [-0.2, 0) is 17.6 Å². The van der Waals surface area contributed by atoms with E-state index in [0.29, 0.717) is 5.89 Å². The number of anilines is 1. The summed E-state index contributed by atoms with van der Waals surface area (Å²) in [4.78, 5) is 11.2. The summed E-state index contributed by atoms with van der Waals surface area (Å²) >= 11 is 0. The first-order valence-electron chi connectivity index (χ1n) is 8.54. The second-order valence-corrected chi connectivity index (χ2v) is 6.01. The Morgan fingerprint density at radius 3 is 2.56 bits per heavy atom. The lowest BCUT2D eigenvalue weighted by molar-refractivity contribution is 0.122. The minimum atomic E-state index is 0.518. The van der Waals surface area contributed by atoms with Gasteiger partial charge in [-0.1, -0.05) is 35.5 Å². The summed E-state index contributed by atoms with van der Waals surface area (Å²) in [6, 6.07) is 14.3. The number of aryl methyl sites for hydroxylation is 2. The van der Waals surface area contributed by atoms with E-state index in [2.05, 4.69) is 32.2 Å². The predicted octanol–water partition coefficient (Wildman–Crippen LogP) is 2.75. The van der Waals surface area contributed by atoms with Gasteiger partial charge in [0.25, 0.3) is 5.89 Å². The van der Waals surface area contributed by atoms with Crippen molar-refractivity contribution in [1.29, 1.82) is 0 Å². The van der Waals surface area contributed by atoms with Crippen molar-refractivity contribution in [3.63, 3.8) is 0 Å². The Morgan fingerprint density at radius 2 is 1.80 bits per heavy atom. The number of benzene rings is 1. The smallest absolute Gasteiger partial charge is 0.259 e. The molecule has 0 atom stereocenters. The van der Waals surface area contributed by atoms with E-state index in [4.69, 9.17) is 9.26 Å². The van der Waals surface area contributed by atoms with Gasteiger partial charge in [0.15, 0.2) is 5.82 Å². The van der Waals surface area contributed by atoms with Gasteiger partial charge >= 0.3 is 0 Å². The van der Waals surface area contributed by atoms with Gasteiger partial charge in [0.2, 0.25) is 0 Å². The average molecular weight is 336 g/mol. The van der Waals surface area contributed by atoms with Crippen molar-refractivity contribution in [2.75, 3.05) is 31.2 Å². The lowest BCUT2D eigenvalue weighted by atomic mass is 10.1. The average Bonchev–Trinajstić information content (AvgIpc) is 3.17. The van der Waals surface area contributed by atoms with E-state index < -0.39 is 0 Å². The first-order valence-corrected chi connectivity index (χ1v) is 8.54. The van der Waals surface area contributed by atoms with Crippen molar-refractivity contribution in [3.05, 3.63) is 60.0 Å². The van der Waals surface area contributed by atoms with Gasteiger partial charge in [-0.15, -0.1) is 0 Å². The molecule has 1 fully saturated rings. The van der Waals surface area contributed by atoms with Crippen LogP contribution >= 0.6 is 0 Å². The van der Waals surface area contributed by atoms with Crippen LogP contribution in [0.15, 0.2) is 53.2 Å². The molecule has 6 heteroatoms. The zero-order valence-corrected chi connectivity index (χ0v) is 14.0. The van der Waals surface area contributed by atoms with E-state index in [9.17, 15) is 0 Å². The van der Waals surface area contributed by atoms with Crippen molar-refractivity contribution >= 4 is 5.82 Å². The van der Waals surface area contributed by atoms with E-state index >= 15 is 0 Å². The Morgan fingerprint density at radius 1 is 0.960 bits per heavy atom. The maximum atomic E-state index is 5.39. The summed E-state index contributed by atoms with van der Waals surface area (Å²) in [6.07, 6.45) is 3.44. The van der Waals surface area contributed by atoms with Crippen LogP contribution in [0, 0.1) is 0 Å². The van der Waals surface area contributed by atoms with E-state index in [1.165, 1.54) is 5.56 Å². The third-order valence-corrected chi connectivity index (χ3v) is 4.28. The van der Waals surface area contributed by atoms with Crippen LogP contribution in [0.25, 0.3) is 11.5 Å². The number of hydrogen-bond acceptors (Lipinski definition) is 6. The number of pyridine rings is 1. The molecule has 128 valence electrons. The molecule has 0 bridgehead atoms. The maximum Gasteiger partial charge on any atom is 0.259 e. The summed E-state index contributed by atoms with van der Waals surface area (Å²) in [5, 5.41) is 4.08. The van der Waals surface area contributed by atoms with E-state index in [1.807, 2.05) is 30.3 Å². The van der Waals surface area contributed by atoms with Crippen LogP contribution < -0.4 is 4.90 Å². The Hall–Kier alpha value is -2.73. The molecule has 1 aromatic carbocycles. The molecule has 2 aromatic heterocycles. The quantitative estimate of drug-likeness (QED) is 0.714. The number of rotatable bonds is 5. The normalized spacial score (nSPS) is 14.6. The summed E-state index contributed by atoms with van der Waals surface area (Å²) < 4.78 is 10.8. The topological polar surface area (TPSA) is 64.3 Å². The minimum absolute atomic E-state index is 0.518. The summed E-state index contributed by atoms with van der Waals surface area (Å²) in [5.74, 6) is 2.19. The van der Waals surface area contributed by atoms with Crippen molar-refractivity contribution in [2.24, 2.45) is 0 Å². The fourth-order valence-electron chi connectivity index (χ4n) is 2.87. The highest BCUT2D eigenvalue weighted by Gasteiger charge is 2.14. The second kappa shape index (κ2) is 7.44. The van der Waals surface area contributed by atoms with Gasteiger partial charge in [-0.25, -0.2) is 4.98 Å². The van der Waals surface area contributed by atoms with Crippen LogP contribution in [0.3, 0.4) is 0 Å². The van der Waals surface area contributed by atoms with Crippen LogP contribution in [0.1, 0.15) is 11.4 Å². The van der Waals surface area contributed by atoms with Gasteiger partial charge in [0.05, 0.1) is 18.8 Å². The fraction of sp³-hybridized carbons (Fsp3) is 0.316. The zero-order chi connectivity index (χ0) is 16.9. The SMILES string of the molecule is c1ccc(CCc2noc(-c3ccc(N4CCOCC4)nc3)n2)cc1. The molecular formula is C19H20N4O2. The predicted molar refractivity (Wildman–Crippen MR) is 94.4 cm³/mol. The van der Waals surface area contributed by atoms with Gasteiger partial charge in [0.1, 0.15) is 5.82 Å². The molecule has 0 N–H and O–H groups in total. The lowest BCUT2D eigenvalue weighted by Gasteiger charge is -2.27.